The number of anilines is 2. The van der Waals surface area contributed by atoms with Crippen molar-refractivity contribution >= 4 is 45.0 Å². The lowest BCUT2D eigenvalue weighted by Gasteiger charge is -2.08. The van der Waals surface area contributed by atoms with Crippen LogP contribution in [0.3, 0.4) is 0 Å². The van der Waals surface area contributed by atoms with Gasteiger partial charge in [0.1, 0.15) is 0 Å². The molecule has 1 aromatic carbocycles. The van der Waals surface area contributed by atoms with E-state index < -0.39 is 10.0 Å². The Hall–Kier alpha value is -1.60. The first kappa shape index (κ1) is 16.5. The van der Waals surface area contributed by atoms with Crippen molar-refractivity contribution in [3.63, 3.8) is 0 Å². The molecule has 0 radical (unpaired) electrons. The normalized spacial score (nSPS) is 11.1. The number of nitrogens with two attached hydrogens (primary N) is 1. The smallest absolute Gasteiger partial charge is 0.232 e. The molecular formula is C12H17ClN4O2S. The summed E-state index contributed by atoms with van der Waals surface area (Å²) < 4.78 is 26.1. The number of fused-ring (bicyclic) bond motifs is 1. The average molecular weight is 317 g/mol. The molecular weight excluding hydrogens is 300 g/mol. The lowest BCUT2D eigenvalue weighted by molar-refractivity contribution is 0.598. The molecule has 3 N–H and O–H groups in total. The third kappa shape index (κ3) is 4.21. The van der Waals surface area contributed by atoms with Crippen molar-refractivity contribution in [2.45, 2.75) is 19.8 Å². The van der Waals surface area contributed by atoms with E-state index in [2.05, 4.69) is 14.7 Å². The van der Waals surface area contributed by atoms with Gasteiger partial charge in [0.2, 0.25) is 16.0 Å². The molecule has 8 heteroatoms. The van der Waals surface area contributed by atoms with Crippen LogP contribution in [-0.4, -0.2) is 24.1 Å². The second kappa shape index (κ2) is 6.71. The third-order valence-corrected chi connectivity index (χ3v) is 4.01. The molecule has 2 rings (SSSR count). The lowest BCUT2D eigenvalue weighted by atomic mass is 10.2. The number of aromatic nitrogens is 2. The van der Waals surface area contributed by atoms with Crippen LogP contribution in [0.25, 0.3) is 10.9 Å². The molecule has 0 aliphatic heterocycles. The van der Waals surface area contributed by atoms with Crippen LogP contribution < -0.4 is 10.5 Å². The minimum Gasteiger partial charge on any atom is -0.368 e. The van der Waals surface area contributed by atoms with Crippen molar-refractivity contribution < 1.29 is 8.42 Å². The Morgan fingerprint density at radius 2 is 2.10 bits per heavy atom. The summed E-state index contributed by atoms with van der Waals surface area (Å²) in [5.74, 6) is 0.323. The van der Waals surface area contributed by atoms with Gasteiger partial charge in [0.05, 0.1) is 11.3 Å². The van der Waals surface area contributed by atoms with Gasteiger partial charge in [0.25, 0.3) is 0 Å². The van der Waals surface area contributed by atoms with Gasteiger partial charge < -0.3 is 5.73 Å². The molecule has 6 nitrogen and oxygen atoms in total. The SMILES string of the molecule is CCCCS(=O)(=O)Nc1ccc2nc(N)ncc2c1.Cl. The first-order valence-electron chi connectivity index (χ1n) is 6.03. The Labute approximate surface area is 124 Å². The molecule has 1 aromatic heterocycles. The van der Waals surface area contributed by atoms with Gasteiger partial charge in [-0.15, -0.1) is 12.4 Å². The Bertz CT molecular complexity index is 691. The fourth-order valence-corrected chi connectivity index (χ4v) is 2.93. The molecule has 0 fully saturated rings. The maximum Gasteiger partial charge on any atom is 0.232 e. The molecule has 0 amide bonds. The molecule has 110 valence electrons. The summed E-state index contributed by atoms with van der Waals surface area (Å²) in [6.45, 7) is 1.95. The number of hydrogen-bond donors (Lipinski definition) is 2. The van der Waals surface area contributed by atoms with Gasteiger partial charge in [-0.25, -0.2) is 18.4 Å². The van der Waals surface area contributed by atoms with Crippen LogP contribution in [-0.2, 0) is 10.0 Å². The predicted molar refractivity (Wildman–Crippen MR) is 83.5 cm³/mol. The lowest BCUT2D eigenvalue weighted by Crippen LogP contribution is -2.16. The first-order valence-corrected chi connectivity index (χ1v) is 7.68. The molecule has 0 bridgehead atoms. The van der Waals surface area contributed by atoms with Crippen molar-refractivity contribution in [1.82, 2.24) is 9.97 Å². The van der Waals surface area contributed by atoms with Crippen molar-refractivity contribution in [1.29, 1.82) is 0 Å². The van der Waals surface area contributed by atoms with E-state index in [1.54, 1.807) is 24.4 Å². The van der Waals surface area contributed by atoms with E-state index in [0.29, 0.717) is 17.6 Å². The Kier molecular flexibility index (Phi) is 5.52. The third-order valence-electron chi connectivity index (χ3n) is 2.64. The van der Waals surface area contributed by atoms with Gasteiger partial charge in [-0.05, 0) is 24.6 Å². The zero-order valence-corrected chi connectivity index (χ0v) is 12.7. The number of hydrogen-bond acceptors (Lipinski definition) is 5. The average Bonchev–Trinajstić information content (AvgIpc) is 2.36. The van der Waals surface area contributed by atoms with Crippen molar-refractivity contribution in [2.75, 3.05) is 16.2 Å². The van der Waals surface area contributed by atoms with Crippen LogP contribution in [0, 0.1) is 0 Å². The molecule has 0 aliphatic rings. The summed E-state index contributed by atoms with van der Waals surface area (Å²) in [7, 11) is -3.29. The van der Waals surface area contributed by atoms with E-state index in [4.69, 9.17) is 5.73 Å². The molecule has 0 atom stereocenters. The standard InChI is InChI=1S/C12H16N4O2S.ClH/c1-2-3-6-19(17,18)16-10-4-5-11-9(7-10)8-14-12(13)15-11;/h4-5,7-8,16H,2-3,6H2,1H3,(H2,13,14,15);1H. The molecule has 0 spiro atoms. The Morgan fingerprint density at radius 3 is 2.80 bits per heavy atom. The number of sulfonamides is 1. The van der Waals surface area contributed by atoms with Crippen molar-refractivity contribution in [3.05, 3.63) is 24.4 Å². The van der Waals surface area contributed by atoms with E-state index >= 15 is 0 Å². The fourth-order valence-electron chi connectivity index (χ4n) is 1.68. The predicted octanol–water partition coefficient (Wildman–Crippen LogP) is 2.18. The number of rotatable bonds is 5. The molecule has 1 heterocycles. The fraction of sp³-hybridized carbons (Fsp3) is 0.333. The van der Waals surface area contributed by atoms with Gasteiger partial charge >= 0.3 is 0 Å². The van der Waals surface area contributed by atoms with Crippen LogP contribution >= 0.6 is 12.4 Å². The second-order valence-electron chi connectivity index (χ2n) is 4.28. The molecule has 20 heavy (non-hydrogen) atoms. The van der Waals surface area contributed by atoms with Crippen LogP contribution in [0.5, 0.6) is 0 Å². The molecule has 0 aliphatic carbocycles. The zero-order valence-electron chi connectivity index (χ0n) is 11.0. The topological polar surface area (TPSA) is 98.0 Å². The molecule has 0 unspecified atom stereocenters. The Balaban J connectivity index is 0.00000200. The van der Waals surface area contributed by atoms with Gasteiger partial charge in [-0.2, -0.15) is 0 Å². The first-order chi connectivity index (χ1) is 9.00. The van der Waals surface area contributed by atoms with E-state index in [0.717, 1.165) is 11.8 Å². The monoisotopic (exact) mass is 316 g/mol. The maximum absolute atomic E-state index is 11.8. The van der Waals surface area contributed by atoms with Gasteiger partial charge in [-0.1, -0.05) is 13.3 Å². The largest absolute Gasteiger partial charge is 0.368 e. The van der Waals surface area contributed by atoms with Gasteiger partial charge in [-0.3, -0.25) is 4.72 Å². The number of nitrogens with zero attached hydrogens (tertiary/aromatic N) is 2. The van der Waals surface area contributed by atoms with Crippen LogP contribution in [0.2, 0.25) is 0 Å². The van der Waals surface area contributed by atoms with Gasteiger partial charge in [0, 0.05) is 17.3 Å². The minimum atomic E-state index is -3.29. The second-order valence-corrected chi connectivity index (χ2v) is 6.12. The maximum atomic E-state index is 11.8. The molecule has 2 aromatic rings. The van der Waals surface area contributed by atoms with E-state index in [1.807, 2.05) is 6.92 Å². The molecule has 0 saturated carbocycles. The summed E-state index contributed by atoms with van der Waals surface area (Å²) >= 11 is 0. The highest BCUT2D eigenvalue weighted by Gasteiger charge is 2.10. The number of nitrogens with one attached hydrogen (secondary N) is 1. The Morgan fingerprint density at radius 1 is 1.35 bits per heavy atom. The number of halogens is 1. The van der Waals surface area contributed by atoms with E-state index in [1.165, 1.54) is 0 Å². The highest BCUT2D eigenvalue weighted by molar-refractivity contribution is 7.92. The highest BCUT2D eigenvalue weighted by atomic mass is 35.5. The number of nitrogen functional groups attached to an aromatic ring is 1. The zero-order chi connectivity index (χ0) is 13.9. The number of benzene rings is 1. The van der Waals surface area contributed by atoms with Crippen molar-refractivity contribution in [3.8, 4) is 0 Å². The summed E-state index contributed by atoms with van der Waals surface area (Å²) in [6, 6.07) is 5.07. The minimum absolute atomic E-state index is 0. The van der Waals surface area contributed by atoms with E-state index in [-0.39, 0.29) is 24.1 Å². The van der Waals surface area contributed by atoms with Crippen molar-refractivity contribution in [2.24, 2.45) is 0 Å². The van der Waals surface area contributed by atoms with Crippen LogP contribution in [0.1, 0.15) is 19.8 Å². The summed E-state index contributed by atoms with van der Waals surface area (Å²) in [5.41, 5.74) is 6.68. The van der Waals surface area contributed by atoms with E-state index in [9.17, 15) is 8.42 Å². The quantitative estimate of drug-likeness (QED) is 0.881. The van der Waals surface area contributed by atoms with Crippen LogP contribution in [0.15, 0.2) is 24.4 Å². The number of unbranched alkanes of at least 4 members (excludes halogenated alkanes) is 1. The summed E-state index contributed by atoms with van der Waals surface area (Å²) in [4.78, 5) is 7.94. The summed E-state index contributed by atoms with van der Waals surface area (Å²) in [6.07, 6.45) is 3.05. The van der Waals surface area contributed by atoms with Crippen LogP contribution in [0.4, 0.5) is 11.6 Å². The molecule has 0 saturated heterocycles. The van der Waals surface area contributed by atoms with Gasteiger partial charge in [0.15, 0.2) is 0 Å². The summed E-state index contributed by atoms with van der Waals surface area (Å²) in [5, 5.41) is 0.741. The highest BCUT2D eigenvalue weighted by Crippen LogP contribution is 2.18.